The minimum absolute atomic E-state index is 0.0605. The maximum Gasteiger partial charge on any atom is 0.344 e. The molecule has 0 N–H and O–H groups in total. The smallest absolute Gasteiger partial charge is 0.344 e. The van der Waals surface area contributed by atoms with E-state index in [1.54, 1.807) is 0 Å². The summed E-state index contributed by atoms with van der Waals surface area (Å²) >= 11 is 0. The average molecular weight is 284 g/mol. The van der Waals surface area contributed by atoms with E-state index in [0.717, 1.165) is 17.5 Å². The first kappa shape index (κ1) is 15.1. The number of carbonyl (C=O) groups excluding carboxylic acids is 1. The first-order chi connectivity index (χ1) is 10.2. The molecule has 0 saturated heterocycles. The van der Waals surface area contributed by atoms with Gasteiger partial charge in [0.05, 0.1) is 6.10 Å². The van der Waals surface area contributed by atoms with Gasteiger partial charge in [0, 0.05) is 0 Å². The molecule has 0 aliphatic carbocycles. The van der Waals surface area contributed by atoms with Crippen molar-refractivity contribution >= 4 is 5.97 Å². The van der Waals surface area contributed by atoms with Gasteiger partial charge in [-0.3, -0.25) is 0 Å². The largest absolute Gasteiger partial charge is 0.482 e. The van der Waals surface area contributed by atoms with E-state index in [0.29, 0.717) is 5.75 Å². The van der Waals surface area contributed by atoms with Crippen LogP contribution in [0, 0.1) is 0 Å². The standard InChI is InChI=1S/C18H20O3/c1-3-14(2)21-18(19)13-20-17-11-9-16(10-12-17)15-7-5-4-6-8-15/h4-12,14H,3,13H2,1-2H3/t14-/m1/s1. The van der Waals surface area contributed by atoms with Crippen LogP contribution in [0.3, 0.4) is 0 Å². The Balaban J connectivity index is 1.90. The monoisotopic (exact) mass is 284 g/mol. The molecule has 0 spiro atoms. The third kappa shape index (κ3) is 4.63. The summed E-state index contributed by atoms with van der Waals surface area (Å²) in [5.41, 5.74) is 2.27. The van der Waals surface area contributed by atoms with Crippen LogP contribution in [-0.2, 0) is 9.53 Å². The van der Waals surface area contributed by atoms with Gasteiger partial charge in [0.25, 0.3) is 0 Å². The molecule has 0 fully saturated rings. The summed E-state index contributed by atoms with van der Waals surface area (Å²) in [6, 6.07) is 17.8. The fourth-order valence-corrected chi connectivity index (χ4v) is 1.86. The Morgan fingerprint density at radius 3 is 2.24 bits per heavy atom. The highest BCUT2D eigenvalue weighted by molar-refractivity contribution is 5.71. The fourth-order valence-electron chi connectivity index (χ4n) is 1.86. The highest BCUT2D eigenvalue weighted by atomic mass is 16.6. The second kappa shape index (κ2) is 7.48. The molecule has 0 bridgehead atoms. The lowest BCUT2D eigenvalue weighted by atomic mass is 10.1. The highest BCUT2D eigenvalue weighted by Gasteiger charge is 2.08. The lowest BCUT2D eigenvalue weighted by Gasteiger charge is -2.11. The van der Waals surface area contributed by atoms with Crippen LogP contribution in [-0.4, -0.2) is 18.7 Å². The number of hydrogen-bond acceptors (Lipinski definition) is 3. The molecule has 3 heteroatoms. The molecular formula is C18H20O3. The van der Waals surface area contributed by atoms with Gasteiger partial charge in [0.2, 0.25) is 0 Å². The van der Waals surface area contributed by atoms with Crippen LogP contribution in [0.4, 0.5) is 0 Å². The first-order valence-electron chi connectivity index (χ1n) is 7.17. The zero-order valence-electron chi connectivity index (χ0n) is 12.4. The summed E-state index contributed by atoms with van der Waals surface area (Å²) in [6.45, 7) is 3.78. The minimum atomic E-state index is -0.337. The number of rotatable bonds is 6. The van der Waals surface area contributed by atoms with Crippen LogP contribution >= 0.6 is 0 Å². The zero-order chi connectivity index (χ0) is 15.1. The van der Waals surface area contributed by atoms with Crippen molar-refractivity contribution < 1.29 is 14.3 Å². The number of carbonyl (C=O) groups is 1. The van der Waals surface area contributed by atoms with Gasteiger partial charge in [-0.2, -0.15) is 0 Å². The maximum atomic E-state index is 11.5. The molecule has 0 radical (unpaired) electrons. The van der Waals surface area contributed by atoms with Crippen molar-refractivity contribution in [3.8, 4) is 16.9 Å². The second-order valence-corrected chi connectivity index (χ2v) is 4.89. The van der Waals surface area contributed by atoms with Gasteiger partial charge >= 0.3 is 5.97 Å². The summed E-state index contributed by atoms with van der Waals surface area (Å²) in [6.07, 6.45) is 0.735. The van der Waals surface area contributed by atoms with Gasteiger partial charge in [0.1, 0.15) is 5.75 Å². The molecule has 0 saturated carbocycles. The summed E-state index contributed by atoms with van der Waals surface area (Å²) < 4.78 is 10.6. The van der Waals surface area contributed by atoms with Crippen molar-refractivity contribution in [2.24, 2.45) is 0 Å². The van der Waals surface area contributed by atoms with Crippen LogP contribution in [0.1, 0.15) is 20.3 Å². The summed E-state index contributed by atoms with van der Waals surface area (Å²) in [4.78, 5) is 11.5. The van der Waals surface area contributed by atoms with E-state index in [1.165, 1.54) is 0 Å². The molecule has 110 valence electrons. The van der Waals surface area contributed by atoms with Gasteiger partial charge in [0.15, 0.2) is 6.61 Å². The van der Waals surface area contributed by atoms with Crippen LogP contribution in [0.25, 0.3) is 11.1 Å². The van der Waals surface area contributed by atoms with Crippen molar-refractivity contribution in [2.75, 3.05) is 6.61 Å². The SMILES string of the molecule is CC[C@@H](C)OC(=O)COc1ccc(-c2ccccc2)cc1. The van der Waals surface area contributed by atoms with E-state index >= 15 is 0 Å². The van der Waals surface area contributed by atoms with Crippen molar-refractivity contribution in [3.05, 3.63) is 54.6 Å². The molecule has 2 aromatic rings. The van der Waals surface area contributed by atoms with Crippen LogP contribution in [0.2, 0.25) is 0 Å². The Bertz CT molecular complexity index is 561. The number of benzene rings is 2. The van der Waals surface area contributed by atoms with Gasteiger partial charge in [-0.25, -0.2) is 4.79 Å². The highest BCUT2D eigenvalue weighted by Crippen LogP contribution is 2.22. The van der Waals surface area contributed by atoms with Crippen molar-refractivity contribution in [2.45, 2.75) is 26.4 Å². The summed E-state index contributed by atoms with van der Waals surface area (Å²) in [5, 5.41) is 0. The Labute approximate surface area is 125 Å². The number of esters is 1. The second-order valence-electron chi connectivity index (χ2n) is 4.89. The van der Waals surface area contributed by atoms with E-state index in [2.05, 4.69) is 12.1 Å². The minimum Gasteiger partial charge on any atom is -0.482 e. The van der Waals surface area contributed by atoms with Crippen molar-refractivity contribution in [1.29, 1.82) is 0 Å². The van der Waals surface area contributed by atoms with Crippen LogP contribution in [0.5, 0.6) is 5.75 Å². The summed E-state index contributed by atoms with van der Waals surface area (Å²) in [5.74, 6) is 0.326. The van der Waals surface area contributed by atoms with Gasteiger partial charge in [-0.15, -0.1) is 0 Å². The van der Waals surface area contributed by atoms with Crippen LogP contribution in [0.15, 0.2) is 54.6 Å². The molecule has 0 aliphatic heterocycles. The Morgan fingerprint density at radius 2 is 1.62 bits per heavy atom. The molecule has 21 heavy (non-hydrogen) atoms. The van der Waals surface area contributed by atoms with Gasteiger partial charge in [-0.05, 0) is 36.6 Å². The molecule has 2 rings (SSSR count). The molecule has 0 heterocycles. The zero-order valence-corrected chi connectivity index (χ0v) is 12.4. The average Bonchev–Trinajstić information content (AvgIpc) is 2.54. The lowest BCUT2D eigenvalue weighted by Crippen LogP contribution is -2.20. The molecule has 0 aliphatic rings. The van der Waals surface area contributed by atoms with E-state index in [-0.39, 0.29) is 18.7 Å². The molecule has 0 amide bonds. The summed E-state index contributed by atoms with van der Waals surface area (Å²) in [7, 11) is 0. The molecule has 3 nitrogen and oxygen atoms in total. The lowest BCUT2D eigenvalue weighted by molar-refractivity contribution is -0.150. The Hall–Kier alpha value is -2.29. The maximum absolute atomic E-state index is 11.5. The third-order valence-electron chi connectivity index (χ3n) is 3.23. The predicted molar refractivity (Wildman–Crippen MR) is 83.2 cm³/mol. The first-order valence-corrected chi connectivity index (χ1v) is 7.17. The van der Waals surface area contributed by atoms with E-state index in [4.69, 9.17) is 9.47 Å². The van der Waals surface area contributed by atoms with E-state index < -0.39 is 0 Å². The van der Waals surface area contributed by atoms with Crippen molar-refractivity contribution in [1.82, 2.24) is 0 Å². The Morgan fingerprint density at radius 1 is 1.00 bits per heavy atom. The topological polar surface area (TPSA) is 35.5 Å². The van der Waals surface area contributed by atoms with E-state index in [1.807, 2.05) is 56.3 Å². The normalized spacial score (nSPS) is 11.7. The van der Waals surface area contributed by atoms with Crippen molar-refractivity contribution in [3.63, 3.8) is 0 Å². The number of hydrogen-bond donors (Lipinski definition) is 0. The molecule has 0 unspecified atom stereocenters. The molecule has 1 atom stereocenters. The number of ether oxygens (including phenoxy) is 2. The van der Waals surface area contributed by atoms with Crippen LogP contribution < -0.4 is 4.74 Å². The van der Waals surface area contributed by atoms with Gasteiger partial charge < -0.3 is 9.47 Å². The third-order valence-corrected chi connectivity index (χ3v) is 3.23. The fraction of sp³-hybridized carbons (Fsp3) is 0.278. The Kier molecular flexibility index (Phi) is 5.38. The predicted octanol–water partition coefficient (Wildman–Crippen LogP) is 4.07. The van der Waals surface area contributed by atoms with Gasteiger partial charge in [-0.1, -0.05) is 49.4 Å². The molecule has 2 aromatic carbocycles. The molecule has 0 aromatic heterocycles. The molecular weight excluding hydrogens is 264 g/mol. The quantitative estimate of drug-likeness (QED) is 0.750. The van der Waals surface area contributed by atoms with E-state index in [9.17, 15) is 4.79 Å².